The smallest absolute Gasteiger partial charge is 0.318 e. The minimum Gasteiger partial charge on any atom is -0.318 e. The number of amides is 2. The number of halogens is 1. The molecule has 0 fully saturated rings. The quantitative estimate of drug-likeness (QED) is 0.335. The molecular formula is C26H22ClN3OS. The number of hydrogen-bond donors (Lipinski definition) is 1. The Hall–Kier alpha value is -3.15. The summed E-state index contributed by atoms with van der Waals surface area (Å²) in [6, 6.07) is 27.5. The van der Waals surface area contributed by atoms with Gasteiger partial charge in [0.05, 0.1) is 18.3 Å². The lowest BCUT2D eigenvalue weighted by atomic mass is 10.0. The van der Waals surface area contributed by atoms with E-state index in [4.69, 9.17) is 11.6 Å². The fraction of sp³-hybridized carbons (Fsp3) is 0.115. The second kappa shape index (κ2) is 8.77. The van der Waals surface area contributed by atoms with Crippen molar-refractivity contribution in [1.82, 2.24) is 9.47 Å². The minimum absolute atomic E-state index is 0.155. The number of nitrogens with zero attached hydrogens (tertiary/aromatic N) is 2. The minimum atomic E-state index is -0.292. The molecule has 0 saturated heterocycles. The highest BCUT2D eigenvalue weighted by molar-refractivity contribution is 7.98. The molecule has 4 nitrogen and oxygen atoms in total. The van der Waals surface area contributed by atoms with Crippen LogP contribution in [0.25, 0.3) is 5.69 Å². The number of thioether (sulfide) groups is 1. The Balaban J connectivity index is 1.62. The number of carbonyl (C=O) groups is 1. The third kappa shape index (κ3) is 3.90. The number of aromatic nitrogens is 1. The maximum absolute atomic E-state index is 13.7. The maximum Gasteiger partial charge on any atom is 0.322 e. The SMILES string of the molecule is CSc1cccc(NC(=O)N2Cc3ccccc3-n3cccc3[C@H]2c2cccc(Cl)c2)c1. The van der Waals surface area contributed by atoms with Crippen LogP contribution >= 0.6 is 23.4 Å². The zero-order valence-electron chi connectivity index (χ0n) is 17.5. The van der Waals surface area contributed by atoms with E-state index in [1.54, 1.807) is 11.8 Å². The number of hydrogen-bond acceptors (Lipinski definition) is 2. The van der Waals surface area contributed by atoms with Gasteiger partial charge in [0, 0.05) is 27.5 Å². The van der Waals surface area contributed by atoms with Crippen LogP contribution in [0.2, 0.25) is 5.02 Å². The van der Waals surface area contributed by atoms with Crippen LogP contribution in [0.5, 0.6) is 0 Å². The molecule has 1 aliphatic heterocycles. The molecule has 2 amide bonds. The number of nitrogens with one attached hydrogen (secondary N) is 1. The van der Waals surface area contributed by atoms with Crippen molar-refractivity contribution in [2.24, 2.45) is 0 Å². The van der Waals surface area contributed by atoms with E-state index in [9.17, 15) is 4.79 Å². The molecule has 5 rings (SSSR count). The molecule has 160 valence electrons. The second-order valence-electron chi connectivity index (χ2n) is 7.68. The Labute approximate surface area is 196 Å². The van der Waals surface area contributed by atoms with Crippen molar-refractivity contribution in [3.63, 3.8) is 0 Å². The molecule has 2 heterocycles. The number of para-hydroxylation sites is 1. The van der Waals surface area contributed by atoms with Gasteiger partial charge in [0.25, 0.3) is 0 Å². The summed E-state index contributed by atoms with van der Waals surface area (Å²) in [6.07, 6.45) is 4.07. The lowest BCUT2D eigenvalue weighted by Crippen LogP contribution is -2.37. The second-order valence-corrected chi connectivity index (χ2v) is 9.00. The number of fused-ring (bicyclic) bond motifs is 3. The largest absolute Gasteiger partial charge is 0.322 e. The highest BCUT2D eigenvalue weighted by Gasteiger charge is 2.33. The first-order chi connectivity index (χ1) is 15.6. The number of anilines is 1. The van der Waals surface area contributed by atoms with Crippen LogP contribution in [0.4, 0.5) is 10.5 Å². The van der Waals surface area contributed by atoms with Gasteiger partial charge in [0.1, 0.15) is 0 Å². The number of rotatable bonds is 3. The number of benzene rings is 3. The van der Waals surface area contributed by atoms with Crippen LogP contribution in [-0.4, -0.2) is 21.8 Å². The van der Waals surface area contributed by atoms with Gasteiger partial charge in [-0.2, -0.15) is 0 Å². The summed E-state index contributed by atoms with van der Waals surface area (Å²) in [5.41, 5.74) is 4.94. The van der Waals surface area contributed by atoms with Crippen LogP contribution in [0.15, 0.2) is 96.0 Å². The molecule has 1 aliphatic rings. The fourth-order valence-corrected chi connectivity index (χ4v) is 4.92. The number of carbonyl (C=O) groups excluding carboxylic acids is 1. The van der Waals surface area contributed by atoms with E-state index in [1.165, 1.54) is 0 Å². The molecule has 1 N–H and O–H groups in total. The van der Waals surface area contributed by atoms with Gasteiger partial charge in [-0.15, -0.1) is 11.8 Å². The van der Waals surface area contributed by atoms with E-state index in [1.807, 2.05) is 77.9 Å². The molecule has 0 saturated carbocycles. The molecule has 0 spiro atoms. The maximum atomic E-state index is 13.7. The Bertz CT molecular complexity index is 1290. The van der Waals surface area contributed by atoms with E-state index in [0.29, 0.717) is 11.6 Å². The van der Waals surface area contributed by atoms with Crippen molar-refractivity contribution in [3.8, 4) is 5.69 Å². The van der Waals surface area contributed by atoms with Crippen LogP contribution < -0.4 is 5.32 Å². The van der Waals surface area contributed by atoms with Gasteiger partial charge in [-0.05, 0) is 65.9 Å². The summed E-state index contributed by atoms with van der Waals surface area (Å²) in [7, 11) is 0. The Kier molecular flexibility index (Phi) is 5.68. The van der Waals surface area contributed by atoms with Gasteiger partial charge in [0.15, 0.2) is 0 Å². The standard InChI is InChI=1S/C26H22ClN3OS/c1-32-22-11-5-10-21(16-22)28-26(31)30-17-19-7-2-3-12-23(19)29-14-6-13-24(29)25(30)18-8-4-9-20(27)15-18/h2-16,25H,17H2,1H3,(H,28,31)/t25-/m1/s1. The third-order valence-electron chi connectivity index (χ3n) is 5.71. The highest BCUT2D eigenvalue weighted by Crippen LogP contribution is 2.37. The molecule has 4 aromatic rings. The van der Waals surface area contributed by atoms with Crippen molar-refractivity contribution < 1.29 is 4.79 Å². The molecular weight excluding hydrogens is 438 g/mol. The molecule has 0 aliphatic carbocycles. The molecule has 32 heavy (non-hydrogen) atoms. The van der Waals surface area contributed by atoms with E-state index in [-0.39, 0.29) is 12.1 Å². The van der Waals surface area contributed by atoms with Gasteiger partial charge in [-0.25, -0.2) is 4.79 Å². The van der Waals surface area contributed by atoms with Gasteiger partial charge < -0.3 is 14.8 Å². The number of urea groups is 1. The van der Waals surface area contributed by atoms with Crippen molar-refractivity contribution >= 4 is 35.1 Å². The summed E-state index contributed by atoms with van der Waals surface area (Å²) < 4.78 is 2.17. The Morgan fingerprint density at radius 2 is 1.84 bits per heavy atom. The molecule has 3 aromatic carbocycles. The average molecular weight is 460 g/mol. The first-order valence-electron chi connectivity index (χ1n) is 10.4. The van der Waals surface area contributed by atoms with E-state index >= 15 is 0 Å². The summed E-state index contributed by atoms with van der Waals surface area (Å²) in [5, 5.41) is 3.76. The summed E-state index contributed by atoms with van der Waals surface area (Å²) in [6.45, 7) is 0.475. The summed E-state index contributed by atoms with van der Waals surface area (Å²) in [5.74, 6) is 0. The first-order valence-corrected chi connectivity index (χ1v) is 12.0. The summed E-state index contributed by atoms with van der Waals surface area (Å²) >= 11 is 8.00. The van der Waals surface area contributed by atoms with Gasteiger partial charge in [0.2, 0.25) is 0 Å². The van der Waals surface area contributed by atoms with Crippen LogP contribution in [-0.2, 0) is 6.54 Å². The van der Waals surface area contributed by atoms with Gasteiger partial charge in [-0.1, -0.05) is 48.0 Å². The zero-order valence-corrected chi connectivity index (χ0v) is 19.1. The zero-order chi connectivity index (χ0) is 22.1. The highest BCUT2D eigenvalue weighted by atomic mass is 35.5. The van der Waals surface area contributed by atoms with Crippen molar-refractivity contribution in [3.05, 3.63) is 113 Å². The van der Waals surface area contributed by atoms with Crippen LogP contribution in [0, 0.1) is 0 Å². The molecule has 0 radical (unpaired) electrons. The summed E-state index contributed by atoms with van der Waals surface area (Å²) in [4.78, 5) is 16.7. The first kappa shape index (κ1) is 20.7. The fourth-order valence-electron chi connectivity index (χ4n) is 4.26. The van der Waals surface area contributed by atoms with E-state index < -0.39 is 0 Å². The monoisotopic (exact) mass is 459 g/mol. The van der Waals surface area contributed by atoms with Crippen molar-refractivity contribution in [1.29, 1.82) is 0 Å². The third-order valence-corrected chi connectivity index (χ3v) is 6.67. The Morgan fingerprint density at radius 1 is 1.00 bits per heavy atom. The average Bonchev–Trinajstić information content (AvgIpc) is 3.23. The van der Waals surface area contributed by atoms with Crippen LogP contribution in [0.3, 0.4) is 0 Å². The normalized spacial score (nSPS) is 14.9. The predicted molar refractivity (Wildman–Crippen MR) is 132 cm³/mol. The molecule has 0 unspecified atom stereocenters. The molecule has 1 atom stereocenters. The lowest BCUT2D eigenvalue weighted by Gasteiger charge is -2.31. The van der Waals surface area contributed by atoms with Gasteiger partial charge >= 0.3 is 6.03 Å². The van der Waals surface area contributed by atoms with E-state index in [2.05, 4.69) is 34.3 Å². The molecule has 0 bridgehead atoms. The molecule has 6 heteroatoms. The van der Waals surface area contributed by atoms with Crippen molar-refractivity contribution in [2.45, 2.75) is 17.5 Å². The molecule has 1 aromatic heterocycles. The van der Waals surface area contributed by atoms with Gasteiger partial charge in [-0.3, -0.25) is 0 Å². The van der Waals surface area contributed by atoms with Crippen LogP contribution in [0.1, 0.15) is 22.9 Å². The topological polar surface area (TPSA) is 37.3 Å². The Morgan fingerprint density at radius 3 is 2.69 bits per heavy atom. The van der Waals surface area contributed by atoms with E-state index in [0.717, 1.165) is 33.1 Å². The predicted octanol–water partition coefficient (Wildman–Crippen LogP) is 6.99. The lowest BCUT2D eigenvalue weighted by molar-refractivity contribution is 0.194. The van der Waals surface area contributed by atoms with Crippen molar-refractivity contribution in [2.75, 3.05) is 11.6 Å².